The molecule has 1 aromatic carbocycles. The fourth-order valence-electron chi connectivity index (χ4n) is 1.60. The van der Waals surface area contributed by atoms with Crippen molar-refractivity contribution < 1.29 is 0 Å². The van der Waals surface area contributed by atoms with Crippen LogP contribution in [0.15, 0.2) is 23.4 Å². The van der Waals surface area contributed by atoms with Gasteiger partial charge in [-0.25, -0.2) is 5.01 Å². The average molecular weight is 203 g/mol. The molecule has 0 aromatic heterocycles. The zero-order valence-electron chi connectivity index (χ0n) is 8.27. The van der Waals surface area contributed by atoms with Gasteiger partial charge in [-0.1, -0.05) is 5.22 Å². The smallest absolute Gasteiger partial charge is 0.110 e. The average Bonchev–Trinajstić information content (AvgIpc) is 3.02. The first-order valence-corrected chi connectivity index (χ1v) is 4.82. The van der Waals surface area contributed by atoms with Gasteiger partial charge in [0.2, 0.25) is 0 Å². The molecule has 0 radical (unpaired) electrons. The minimum absolute atomic E-state index is 0.602. The second kappa shape index (κ2) is 3.68. The Hall–Kier alpha value is -1.91. The molecule has 1 aromatic rings. The molecule has 1 fully saturated rings. The second-order valence-corrected chi connectivity index (χ2v) is 3.71. The molecule has 0 bridgehead atoms. The molecule has 4 N–H and O–H groups in total. The van der Waals surface area contributed by atoms with E-state index in [4.69, 9.17) is 16.7 Å². The molecule has 0 saturated heterocycles. The van der Waals surface area contributed by atoms with Gasteiger partial charge in [0.15, 0.2) is 0 Å². The van der Waals surface area contributed by atoms with Gasteiger partial charge in [0.05, 0.1) is 5.69 Å². The van der Waals surface area contributed by atoms with Crippen LogP contribution in [0.5, 0.6) is 0 Å². The summed E-state index contributed by atoms with van der Waals surface area (Å²) in [5, 5.41) is 11.5. The van der Waals surface area contributed by atoms with Crippen molar-refractivity contribution in [2.45, 2.75) is 18.8 Å². The first-order valence-electron chi connectivity index (χ1n) is 4.82. The van der Waals surface area contributed by atoms with E-state index in [0.29, 0.717) is 17.3 Å². The lowest BCUT2D eigenvalue weighted by molar-refractivity contribution is 0.950. The van der Waals surface area contributed by atoms with Crippen LogP contribution in [-0.4, -0.2) is 6.34 Å². The van der Waals surface area contributed by atoms with Crippen molar-refractivity contribution in [1.29, 1.82) is 10.9 Å². The summed E-state index contributed by atoms with van der Waals surface area (Å²) in [7, 11) is 0. The fraction of sp³-hybridized carbons (Fsp3) is 0.300. The first-order chi connectivity index (χ1) is 7.24. The van der Waals surface area contributed by atoms with E-state index in [1.807, 2.05) is 12.1 Å². The highest BCUT2D eigenvalue weighted by Crippen LogP contribution is 2.41. The number of anilines is 2. The molecule has 5 nitrogen and oxygen atoms in total. The summed E-state index contributed by atoms with van der Waals surface area (Å²) in [6.45, 7) is 0. The van der Waals surface area contributed by atoms with Crippen molar-refractivity contribution in [3.05, 3.63) is 23.8 Å². The molecule has 1 saturated carbocycles. The Morgan fingerprint density at radius 1 is 1.40 bits per heavy atom. The maximum absolute atomic E-state index is 7.11. The number of rotatable bonds is 4. The van der Waals surface area contributed by atoms with Crippen molar-refractivity contribution in [2.24, 2.45) is 5.22 Å². The Kier molecular flexibility index (Phi) is 2.37. The third kappa shape index (κ3) is 1.96. The summed E-state index contributed by atoms with van der Waals surface area (Å²) in [6.07, 6.45) is 3.40. The number of hydrogen-bond acceptors (Lipinski definition) is 4. The van der Waals surface area contributed by atoms with Crippen LogP contribution in [0, 0.1) is 10.9 Å². The van der Waals surface area contributed by atoms with Gasteiger partial charge in [0.25, 0.3) is 0 Å². The van der Waals surface area contributed by atoms with Gasteiger partial charge >= 0.3 is 0 Å². The lowest BCUT2D eigenvalue weighted by Crippen LogP contribution is -2.11. The molecule has 0 amide bonds. The van der Waals surface area contributed by atoms with E-state index in [2.05, 4.69) is 5.22 Å². The zero-order valence-corrected chi connectivity index (χ0v) is 8.27. The number of benzene rings is 1. The lowest BCUT2D eigenvalue weighted by atomic mass is 10.1. The summed E-state index contributed by atoms with van der Waals surface area (Å²) in [6, 6.07) is 5.61. The Labute approximate surface area is 87.9 Å². The van der Waals surface area contributed by atoms with Crippen LogP contribution in [0.4, 0.5) is 11.4 Å². The van der Waals surface area contributed by atoms with Crippen LogP contribution in [0.25, 0.3) is 0 Å². The highest BCUT2D eigenvalue weighted by atomic mass is 15.5. The Morgan fingerprint density at radius 3 is 2.67 bits per heavy atom. The van der Waals surface area contributed by atoms with Crippen LogP contribution in [-0.2, 0) is 0 Å². The number of nitrogens with two attached hydrogens (primary N) is 1. The molecule has 5 heteroatoms. The summed E-state index contributed by atoms with van der Waals surface area (Å²) in [5.41, 5.74) is 15.2. The monoisotopic (exact) mass is 203 g/mol. The fourth-order valence-corrected chi connectivity index (χ4v) is 1.60. The van der Waals surface area contributed by atoms with E-state index in [9.17, 15) is 0 Å². The van der Waals surface area contributed by atoms with Crippen molar-refractivity contribution in [1.82, 2.24) is 0 Å². The molecule has 0 aliphatic heterocycles. The predicted octanol–water partition coefficient (Wildman–Crippen LogP) is 2.51. The van der Waals surface area contributed by atoms with E-state index < -0.39 is 0 Å². The molecule has 1 aliphatic rings. The molecule has 78 valence electrons. The van der Waals surface area contributed by atoms with E-state index in [1.165, 1.54) is 23.4 Å². The van der Waals surface area contributed by atoms with Gasteiger partial charge in [-0.3, -0.25) is 5.41 Å². The van der Waals surface area contributed by atoms with Gasteiger partial charge in [-0.2, -0.15) is 5.53 Å². The van der Waals surface area contributed by atoms with E-state index >= 15 is 0 Å². The van der Waals surface area contributed by atoms with Gasteiger partial charge in [0.1, 0.15) is 6.34 Å². The summed E-state index contributed by atoms with van der Waals surface area (Å²) < 4.78 is 0. The standard InChI is InChI=1S/C10H13N5/c11-6-15(14-13)10-4-8(7-1-2-7)3-9(12)5-10/h3-7,11,13H,1-2,12H2. The van der Waals surface area contributed by atoms with Crippen LogP contribution in [0.3, 0.4) is 0 Å². The Balaban J connectivity index is 2.37. The molecule has 2 rings (SSSR count). The molecule has 0 heterocycles. The van der Waals surface area contributed by atoms with E-state index in [-0.39, 0.29) is 0 Å². The number of nitrogen functional groups attached to an aromatic ring is 1. The van der Waals surface area contributed by atoms with Crippen LogP contribution >= 0.6 is 0 Å². The van der Waals surface area contributed by atoms with Gasteiger partial charge in [-0.15, -0.1) is 0 Å². The van der Waals surface area contributed by atoms with Crippen molar-refractivity contribution >= 4 is 17.7 Å². The van der Waals surface area contributed by atoms with Gasteiger partial charge in [-0.05, 0) is 42.5 Å². The predicted molar refractivity (Wildman–Crippen MR) is 59.2 cm³/mol. The quantitative estimate of drug-likeness (QED) is 0.231. The molecule has 0 atom stereocenters. The van der Waals surface area contributed by atoms with Gasteiger partial charge < -0.3 is 5.73 Å². The minimum atomic E-state index is 0.602. The van der Waals surface area contributed by atoms with Crippen molar-refractivity contribution in [2.75, 3.05) is 10.7 Å². The first kappa shape index (κ1) is 9.64. The van der Waals surface area contributed by atoms with Gasteiger partial charge in [0, 0.05) is 5.69 Å². The largest absolute Gasteiger partial charge is 0.399 e. The topological polar surface area (TPSA) is 89.3 Å². The zero-order chi connectivity index (χ0) is 10.8. The second-order valence-electron chi connectivity index (χ2n) is 3.71. The molecule has 0 spiro atoms. The number of nitrogens with one attached hydrogen (secondary N) is 2. The third-order valence-corrected chi connectivity index (χ3v) is 2.51. The molecule has 15 heavy (non-hydrogen) atoms. The molecular formula is C10H13N5. The number of nitrogens with zero attached hydrogens (tertiary/aromatic N) is 2. The summed E-state index contributed by atoms with van der Waals surface area (Å²) in [5.74, 6) is 0.602. The Bertz CT molecular complexity index is 389. The van der Waals surface area contributed by atoms with Crippen molar-refractivity contribution in [3.8, 4) is 0 Å². The van der Waals surface area contributed by atoms with E-state index in [0.717, 1.165) is 6.34 Å². The maximum Gasteiger partial charge on any atom is 0.110 e. The SMILES string of the molecule is N=CN(N=N)c1cc(N)cc(C2CC2)c1. The third-order valence-electron chi connectivity index (χ3n) is 2.51. The van der Waals surface area contributed by atoms with E-state index in [1.54, 1.807) is 6.07 Å². The Morgan fingerprint density at radius 2 is 2.13 bits per heavy atom. The maximum atomic E-state index is 7.11. The normalized spacial score (nSPS) is 14.7. The van der Waals surface area contributed by atoms with Crippen molar-refractivity contribution in [3.63, 3.8) is 0 Å². The summed E-state index contributed by atoms with van der Waals surface area (Å²) in [4.78, 5) is 0. The van der Waals surface area contributed by atoms with Crippen LogP contribution in [0.1, 0.15) is 24.3 Å². The summed E-state index contributed by atoms with van der Waals surface area (Å²) >= 11 is 0. The highest BCUT2D eigenvalue weighted by Gasteiger charge is 2.24. The molecule has 0 unspecified atom stereocenters. The highest BCUT2D eigenvalue weighted by molar-refractivity contribution is 5.77. The molecular weight excluding hydrogens is 190 g/mol. The number of hydrogen-bond donors (Lipinski definition) is 3. The minimum Gasteiger partial charge on any atom is -0.399 e. The van der Waals surface area contributed by atoms with Crippen LogP contribution in [0.2, 0.25) is 0 Å². The van der Waals surface area contributed by atoms with Crippen LogP contribution < -0.4 is 10.7 Å². The molecule has 1 aliphatic carbocycles. The lowest BCUT2D eigenvalue weighted by Gasteiger charge is -2.12.